The molecule has 4 rings (SSSR count). The molecule has 1 aliphatic heterocycles. The lowest BCUT2D eigenvalue weighted by Crippen LogP contribution is -2.49. The molecule has 0 bridgehead atoms. The Hall–Kier alpha value is -3.32. The Labute approximate surface area is 204 Å². The largest absolute Gasteiger partial charge is 0.497 e. The molecule has 0 radical (unpaired) electrons. The van der Waals surface area contributed by atoms with E-state index >= 15 is 0 Å². The van der Waals surface area contributed by atoms with Gasteiger partial charge >= 0.3 is 0 Å². The first kappa shape index (κ1) is 23.8. The minimum absolute atomic E-state index is 0.0177. The van der Waals surface area contributed by atoms with Crippen LogP contribution in [0.25, 0.3) is 0 Å². The van der Waals surface area contributed by atoms with Crippen LogP contribution in [-0.2, 0) is 11.2 Å². The summed E-state index contributed by atoms with van der Waals surface area (Å²) in [5.41, 5.74) is 1.67. The molecule has 0 aliphatic carbocycles. The van der Waals surface area contributed by atoms with Gasteiger partial charge < -0.3 is 19.3 Å². The van der Waals surface area contributed by atoms with E-state index in [-0.39, 0.29) is 30.4 Å². The normalized spacial score (nSPS) is 15.1. The van der Waals surface area contributed by atoms with E-state index in [4.69, 9.17) is 9.47 Å². The first-order valence-electron chi connectivity index (χ1n) is 11.5. The number of rotatable bonds is 8. The predicted molar refractivity (Wildman–Crippen MR) is 134 cm³/mol. The summed E-state index contributed by atoms with van der Waals surface area (Å²) in [6, 6.07) is 18.4. The van der Waals surface area contributed by atoms with Gasteiger partial charge in [-0.1, -0.05) is 18.2 Å². The molecule has 2 aromatic carbocycles. The van der Waals surface area contributed by atoms with Gasteiger partial charge in [0.25, 0.3) is 5.91 Å². The van der Waals surface area contributed by atoms with Crippen molar-refractivity contribution in [3.8, 4) is 11.5 Å². The molecule has 0 saturated heterocycles. The molecule has 178 valence electrons. The molecule has 0 N–H and O–H groups in total. The molecular formula is C27H30N2O4S. The van der Waals surface area contributed by atoms with Crippen LogP contribution >= 0.6 is 11.3 Å². The fourth-order valence-electron chi connectivity index (χ4n) is 4.19. The second kappa shape index (κ2) is 10.7. The first-order chi connectivity index (χ1) is 16.5. The zero-order chi connectivity index (χ0) is 24.1. The Kier molecular flexibility index (Phi) is 7.53. The summed E-state index contributed by atoms with van der Waals surface area (Å²) in [5, 5.41) is 2.07. The number of carbonyl (C=O) groups is 2. The number of benzene rings is 2. The molecule has 2 amide bonds. The number of fused-ring (bicyclic) bond motifs is 1. The van der Waals surface area contributed by atoms with Crippen molar-refractivity contribution in [2.24, 2.45) is 0 Å². The summed E-state index contributed by atoms with van der Waals surface area (Å²) >= 11 is 1.72. The van der Waals surface area contributed by atoms with Gasteiger partial charge in [-0.25, -0.2) is 0 Å². The molecule has 0 spiro atoms. The summed E-state index contributed by atoms with van der Waals surface area (Å²) in [6.07, 6.45) is 0.814. The number of hydrogen-bond acceptors (Lipinski definition) is 5. The topological polar surface area (TPSA) is 59.1 Å². The fraction of sp³-hybridized carbons (Fsp3) is 0.333. The Morgan fingerprint density at radius 1 is 1.06 bits per heavy atom. The number of amides is 2. The Morgan fingerprint density at radius 2 is 1.79 bits per heavy atom. The summed E-state index contributed by atoms with van der Waals surface area (Å²) in [7, 11) is 1.59. The highest BCUT2D eigenvalue weighted by molar-refractivity contribution is 7.10. The quantitative estimate of drug-likeness (QED) is 0.466. The maximum atomic E-state index is 13.6. The number of nitrogens with zero attached hydrogens (tertiary/aromatic N) is 2. The van der Waals surface area contributed by atoms with Crippen LogP contribution in [0, 0.1) is 0 Å². The second-order valence-electron chi connectivity index (χ2n) is 8.53. The van der Waals surface area contributed by atoms with Crippen molar-refractivity contribution in [1.82, 2.24) is 9.80 Å². The zero-order valence-corrected chi connectivity index (χ0v) is 20.6. The minimum Gasteiger partial charge on any atom is -0.497 e. The average Bonchev–Trinajstić information content (AvgIpc) is 3.35. The van der Waals surface area contributed by atoms with E-state index in [2.05, 4.69) is 11.4 Å². The van der Waals surface area contributed by atoms with E-state index < -0.39 is 0 Å². The molecule has 7 heteroatoms. The number of methoxy groups -OCH3 is 1. The van der Waals surface area contributed by atoms with Gasteiger partial charge in [-0.05, 0) is 73.7 Å². The highest BCUT2D eigenvalue weighted by atomic mass is 32.1. The summed E-state index contributed by atoms with van der Waals surface area (Å²) in [5.74, 6) is 1.21. The average molecular weight is 479 g/mol. The van der Waals surface area contributed by atoms with Gasteiger partial charge in [-0.3, -0.25) is 9.59 Å². The van der Waals surface area contributed by atoms with Crippen LogP contribution in [0.2, 0.25) is 0 Å². The highest BCUT2D eigenvalue weighted by Gasteiger charge is 2.34. The SMILES string of the molecule is COc1ccc(C(=O)N(CC(=O)N2CCc3sccc3[C@@H]2COc2ccccc2)C(C)C)cc1. The molecule has 34 heavy (non-hydrogen) atoms. The molecule has 1 aliphatic rings. The van der Waals surface area contributed by atoms with Gasteiger partial charge in [0.2, 0.25) is 5.91 Å². The molecule has 1 aromatic heterocycles. The number of hydrogen-bond donors (Lipinski definition) is 0. The molecule has 1 atom stereocenters. The Morgan fingerprint density at radius 3 is 2.47 bits per heavy atom. The van der Waals surface area contributed by atoms with Gasteiger partial charge in [0.1, 0.15) is 24.7 Å². The zero-order valence-electron chi connectivity index (χ0n) is 19.8. The number of thiophene rings is 1. The summed E-state index contributed by atoms with van der Waals surface area (Å²) < 4.78 is 11.3. The first-order valence-corrected chi connectivity index (χ1v) is 12.3. The van der Waals surface area contributed by atoms with E-state index in [1.807, 2.05) is 49.1 Å². The molecule has 0 fully saturated rings. The Bertz CT molecular complexity index is 1110. The van der Waals surface area contributed by atoms with Gasteiger partial charge in [0, 0.05) is 23.0 Å². The van der Waals surface area contributed by atoms with Crippen molar-refractivity contribution < 1.29 is 19.1 Å². The van der Waals surface area contributed by atoms with Crippen molar-refractivity contribution >= 4 is 23.2 Å². The third kappa shape index (κ3) is 5.25. The smallest absolute Gasteiger partial charge is 0.254 e. The van der Waals surface area contributed by atoms with Crippen LogP contribution < -0.4 is 9.47 Å². The lowest BCUT2D eigenvalue weighted by atomic mass is 10.00. The molecule has 3 aromatic rings. The maximum absolute atomic E-state index is 13.6. The molecule has 0 saturated carbocycles. The van der Waals surface area contributed by atoms with Crippen LogP contribution in [0.3, 0.4) is 0 Å². The molecule has 6 nitrogen and oxygen atoms in total. The van der Waals surface area contributed by atoms with Crippen molar-refractivity contribution in [2.75, 3.05) is 26.8 Å². The van der Waals surface area contributed by atoms with Crippen LogP contribution in [0.15, 0.2) is 66.0 Å². The number of ether oxygens (including phenoxy) is 2. The second-order valence-corrected chi connectivity index (χ2v) is 9.53. The van der Waals surface area contributed by atoms with Crippen molar-refractivity contribution in [3.05, 3.63) is 82.0 Å². The lowest BCUT2D eigenvalue weighted by molar-refractivity contribution is -0.136. The number of carbonyl (C=O) groups excluding carboxylic acids is 2. The molecule has 0 unspecified atom stereocenters. The summed E-state index contributed by atoms with van der Waals surface area (Å²) in [4.78, 5) is 31.6. The standard InChI is InChI=1S/C27H30N2O4S/c1-19(2)29(27(31)20-9-11-21(32-3)12-10-20)17-26(30)28-15-13-25-23(14-16-34-25)24(28)18-33-22-7-5-4-6-8-22/h4-12,14,16,19,24H,13,15,17-18H2,1-3H3/t24-/m0/s1. The van der Waals surface area contributed by atoms with E-state index in [0.717, 1.165) is 17.7 Å². The van der Waals surface area contributed by atoms with Crippen LogP contribution in [0.5, 0.6) is 11.5 Å². The highest BCUT2D eigenvalue weighted by Crippen LogP contribution is 2.34. The maximum Gasteiger partial charge on any atom is 0.254 e. The van der Waals surface area contributed by atoms with Gasteiger partial charge in [0.15, 0.2) is 0 Å². The van der Waals surface area contributed by atoms with E-state index in [9.17, 15) is 9.59 Å². The molecule has 2 heterocycles. The van der Waals surface area contributed by atoms with Crippen LogP contribution in [0.4, 0.5) is 0 Å². The van der Waals surface area contributed by atoms with E-state index in [1.54, 1.807) is 47.6 Å². The Balaban J connectivity index is 1.51. The predicted octanol–water partition coefficient (Wildman–Crippen LogP) is 4.81. The van der Waals surface area contributed by atoms with E-state index in [0.29, 0.717) is 24.5 Å². The van der Waals surface area contributed by atoms with Gasteiger partial charge in [-0.15, -0.1) is 11.3 Å². The number of para-hydroxylation sites is 1. The lowest BCUT2D eigenvalue weighted by Gasteiger charge is -2.37. The monoisotopic (exact) mass is 478 g/mol. The minimum atomic E-state index is -0.187. The van der Waals surface area contributed by atoms with Crippen molar-refractivity contribution in [1.29, 1.82) is 0 Å². The summed E-state index contributed by atoms with van der Waals surface area (Å²) in [6.45, 7) is 4.85. The van der Waals surface area contributed by atoms with Crippen LogP contribution in [0.1, 0.15) is 40.7 Å². The fourth-order valence-corrected chi connectivity index (χ4v) is 5.12. The molecular weight excluding hydrogens is 448 g/mol. The van der Waals surface area contributed by atoms with Crippen molar-refractivity contribution in [3.63, 3.8) is 0 Å². The third-order valence-electron chi connectivity index (χ3n) is 6.09. The van der Waals surface area contributed by atoms with Crippen molar-refractivity contribution in [2.45, 2.75) is 32.4 Å². The third-order valence-corrected chi connectivity index (χ3v) is 7.09. The van der Waals surface area contributed by atoms with Gasteiger partial charge in [0.05, 0.1) is 13.2 Å². The van der Waals surface area contributed by atoms with Gasteiger partial charge in [-0.2, -0.15) is 0 Å². The van der Waals surface area contributed by atoms with E-state index in [1.165, 1.54) is 4.88 Å². The van der Waals surface area contributed by atoms with Crippen LogP contribution in [-0.4, -0.2) is 54.5 Å².